The predicted molar refractivity (Wildman–Crippen MR) is 70.9 cm³/mol. The molecule has 4 heteroatoms. The first-order valence-corrected chi connectivity index (χ1v) is 7.03. The van der Waals surface area contributed by atoms with E-state index in [4.69, 9.17) is 0 Å². The number of carbonyl (C=O) groups is 1. The van der Waals surface area contributed by atoms with Gasteiger partial charge in [0.2, 0.25) is 5.91 Å². The van der Waals surface area contributed by atoms with E-state index in [1.54, 1.807) is 17.4 Å². The number of aromatic nitrogens is 1. The van der Waals surface area contributed by atoms with E-state index in [0.29, 0.717) is 0 Å². The van der Waals surface area contributed by atoms with Crippen LogP contribution in [0.1, 0.15) is 36.4 Å². The summed E-state index contributed by atoms with van der Waals surface area (Å²) < 4.78 is 0. The molecule has 0 unspecified atom stereocenters. The minimum absolute atomic E-state index is 0.123. The lowest BCUT2D eigenvalue weighted by Crippen LogP contribution is -2.30. The standard InChI is InChI=1S/C13H18N2OS/c1-11-14-12(10-17-11)6-7-13(16)15-8-4-2-3-5-9-15/h6-7,10H,2-5,8-9H2,1H3/b7-6+. The van der Waals surface area contributed by atoms with Gasteiger partial charge in [0, 0.05) is 24.5 Å². The van der Waals surface area contributed by atoms with E-state index in [9.17, 15) is 4.79 Å². The Bertz CT molecular complexity index is 403. The Balaban J connectivity index is 1.93. The number of rotatable bonds is 2. The maximum absolute atomic E-state index is 11.9. The minimum Gasteiger partial charge on any atom is -0.339 e. The van der Waals surface area contributed by atoms with Gasteiger partial charge in [-0.1, -0.05) is 12.8 Å². The molecule has 2 rings (SSSR count). The first-order chi connectivity index (χ1) is 8.25. The van der Waals surface area contributed by atoms with Crippen LogP contribution in [0.3, 0.4) is 0 Å². The molecule has 1 fully saturated rings. The lowest BCUT2D eigenvalue weighted by molar-refractivity contribution is -0.125. The van der Waals surface area contributed by atoms with Crippen LogP contribution in [0.5, 0.6) is 0 Å². The molecule has 1 saturated heterocycles. The van der Waals surface area contributed by atoms with E-state index in [0.717, 1.165) is 36.6 Å². The van der Waals surface area contributed by atoms with Crippen molar-refractivity contribution in [3.05, 3.63) is 22.2 Å². The third-order valence-corrected chi connectivity index (χ3v) is 3.74. The number of thiazole rings is 1. The number of amides is 1. The highest BCUT2D eigenvalue weighted by Crippen LogP contribution is 2.12. The van der Waals surface area contributed by atoms with Gasteiger partial charge in [-0.3, -0.25) is 4.79 Å². The van der Waals surface area contributed by atoms with Gasteiger partial charge in [-0.25, -0.2) is 4.98 Å². The SMILES string of the molecule is Cc1nc(/C=C/C(=O)N2CCCCCC2)cs1. The fourth-order valence-corrected chi connectivity index (χ4v) is 2.59. The molecular weight excluding hydrogens is 232 g/mol. The number of hydrogen-bond acceptors (Lipinski definition) is 3. The van der Waals surface area contributed by atoms with Crippen LogP contribution in [0.4, 0.5) is 0 Å². The van der Waals surface area contributed by atoms with Crippen LogP contribution in [0.2, 0.25) is 0 Å². The molecule has 0 atom stereocenters. The summed E-state index contributed by atoms with van der Waals surface area (Å²) in [5.74, 6) is 0.123. The van der Waals surface area contributed by atoms with Gasteiger partial charge in [0.05, 0.1) is 10.7 Å². The maximum atomic E-state index is 11.9. The molecule has 0 bridgehead atoms. The topological polar surface area (TPSA) is 33.2 Å². The third kappa shape index (κ3) is 3.66. The van der Waals surface area contributed by atoms with Crippen molar-refractivity contribution in [1.82, 2.24) is 9.88 Å². The van der Waals surface area contributed by atoms with Crippen molar-refractivity contribution in [2.75, 3.05) is 13.1 Å². The van der Waals surface area contributed by atoms with E-state index in [-0.39, 0.29) is 5.91 Å². The Kier molecular flexibility index (Phi) is 4.31. The molecule has 0 saturated carbocycles. The van der Waals surface area contributed by atoms with Crippen LogP contribution in [0, 0.1) is 6.92 Å². The summed E-state index contributed by atoms with van der Waals surface area (Å²) in [5, 5.41) is 3.01. The molecule has 0 aromatic carbocycles. The second kappa shape index (κ2) is 5.96. The molecule has 3 nitrogen and oxygen atoms in total. The smallest absolute Gasteiger partial charge is 0.246 e. The molecule has 0 aliphatic carbocycles. The van der Waals surface area contributed by atoms with Crippen LogP contribution >= 0.6 is 11.3 Å². The van der Waals surface area contributed by atoms with E-state index >= 15 is 0 Å². The molecule has 1 aliphatic rings. The van der Waals surface area contributed by atoms with Crippen molar-refractivity contribution in [3.8, 4) is 0 Å². The molecule has 0 radical (unpaired) electrons. The zero-order chi connectivity index (χ0) is 12.1. The molecular formula is C13H18N2OS. The molecule has 0 spiro atoms. The normalized spacial score (nSPS) is 17.4. The largest absolute Gasteiger partial charge is 0.339 e. The second-order valence-corrected chi connectivity index (χ2v) is 5.43. The van der Waals surface area contributed by atoms with Gasteiger partial charge in [-0.2, -0.15) is 0 Å². The Morgan fingerprint density at radius 3 is 2.65 bits per heavy atom. The monoisotopic (exact) mass is 250 g/mol. The third-order valence-electron chi connectivity index (χ3n) is 2.95. The number of likely N-dealkylation sites (tertiary alicyclic amines) is 1. The van der Waals surface area contributed by atoms with Gasteiger partial charge < -0.3 is 4.90 Å². The molecule has 0 N–H and O–H groups in total. The number of hydrogen-bond donors (Lipinski definition) is 0. The molecule has 2 heterocycles. The summed E-state index contributed by atoms with van der Waals surface area (Å²) in [7, 11) is 0. The summed E-state index contributed by atoms with van der Waals surface area (Å²) in [6.07, 6.45) is 8.23. The molecule has 1 amide bonds. The predicted octanol–water partition coefficient (Wildman–Crippen LogP) is 2.87. The minimum atomic E-state index is 0.123. The van der Waals surface area contributed by atoms with Crippen molar-refractivity contribution >= 4 is 23.3 Å². The van der Waals surface area contributed by atoms with E-state index in [1.165, 1.54) is 12.8 Å². The summed E-state index contributed by atoms with van der Waals surface area (Å²) in [6.45, 7) is 3.77. The lowest BCUT2D eigenvalue weighted by atomic mass is 10.2. The number of carbonyl (C=O) groups excluding carboxylic acids is 1. The molecule has 1 aliphatic heterocycles. The zero-order valence-corrected chi connectivity index (χ0v) is 11.0. The Morgan fingerprint density at radius 2 is 2.06 bits per heavy atom. The van der Waals surface area contributed by atoms with Crippen LogP contribution in [0.25, 0.3) is 6.08 Å². The van der Waals surface area contributed by atoms with E-state index < -0.39 is 0 Å². The molecule has 1 aromatic heterocycles. The number of aryl methyl sites for hydroxylation is 1. The summed E-state index contributed by atoms with van der Waals surface area (Å²) >= 11 is 1.61. The zero-order valence-electron chi connectivity index (χ0n) is 10.2. The van der Waals surface area contributed by atoms with Gasteiger partial charge in [0.1, 0.15) is 0 Å². The average molecular weight is 250 g/mol. The highest BCUT2D eigenvalue weighted by atomic mass is 32.1. The van der Waals surface area contributed by atoms with Crippen molar-refractivity contribution in [2.24, 2.45) is 0 Å². The van der Waals surface area contributed by atoms with Crippen molar-refractivity contribution in [1.29, 1.82) is 0 Å². The first kappa shape index (κ1) is 12.3. The van der Waals surface area contributed by atoms with Crippen molar-refractivity contribution < 1.29 is 4.79 Å². The van der Waals surface area contributed by atoms with Gasteiger partial charge >= 0.3 is 0 Å². The highest BCUT2D eigenvalue weighted by Gasteiger charge is 2.12. The molecule has 1 aromatic rings. The maximum Gasteiger partial charge on any atom is 0.246 e. The lowest BCUT2D eigenvalue weighted by Gasteiger charge is -2.17. The second-order valence-electron chi connectivity index (χ2n) is 4.36. The van der Waals surface area contributed by atoms with Crippen LogP contribution < -0.4 is 0 Å². The van der Waals surface area contributed by atoms with Crippen molar-refractivity contribution in [3.63, 3.8) is 0 Å². The van der Waals surface area contributed by atoms with Gasteiger partial charge in [-0.05, 0) is 25.8 Å². The van der Waals surface area contributed by atoms with Gasteiger partial charge in [0.15, 0.2) is 0 Å². The average Bonchev–Trinajstić information content (AvgIpc) is 2.58. The van der Waals surface area contributed by atoms with E-state index in [2.05, 4.69) is 4.98 Å². The number of nitrogens with zero attached hydrogens (tertiary/aromatic N) is 2. The van der Waals surface area contributed by atoms with Gasteiger partial charge in [-0.15, -0.1) is 11.3 Å². The van der Waals surface area contributed by atoms with Crippen LogP contribution in [0.15, 0.2) is 11.5 Å². The molecule has 17 heavy (non-hydrogen) atoms. The summed E-state index contributed by atoms with van der Waals surface area (Å²) in [6, 6.07) is 0. The quantitative estimate of drug-likeness (QED) is 0.756. The fraction of sp³-hybridized carbons (Fsp3) is 0.538. The highest BCUT2D eigenvalue weighted by molar-refractivity contribution is 7.09. The first-order valence-electron chi connectivity index (χ1n) is 6.15. The molecule has 92 valence electrons. The van der Waals surface area contributed by atoms with Crippen LogP contribution in [-0.2, 0) is 4.79 Å². The Morgan fingerprint density at radius 1 is 1.35 bits per heavy atom. The van der Waals surface area contributed by atoms with Gasteiger partial charge in [0.25, 0.3) is 0 Å². The van der Waals surface area contributed by atoms with E-state index in [1.807, 2.05) is 23.3 Å². The summed E-state index contributed by atoms with van der Waals surface area (Å²) in [5.41, 5.74) is 0.885. The van der Waals surface area contributed by atoms with Crippen molar-refractivity contribution in [2.45, 2.75) is 32.6 Å². The fourth-order valence-electron chi connectivity index (χ4n) is 2.01. The van der Waals surface area contributed by atoms with Crippen LogP contribution in [-0.4, -0.2) is 28.9 Å². The Hall–Kier alpha value is -1.16. The Labute approximate surface area is 106 Å². The summed E-state index contributed by atoms with van der Waals surface area (Å²) in [4.78, 5) is 18.2.